The van der Waals surface area contributed by atoms with Gasteiger partial charge < -0.3 is 29.2 Å². The molecule has 222 valence electrons. The SMILES string of the molecule is Cl.O=CCCCCNC(C(=O)O)N(C[C@H]1CN(c2ccc(N3CCOCC3=O)cc2)C(=O)O1)C(=O)c1ccc(Cl)s1. The van der Waals surface area contributed by atoms with Gasteiger partial charge in [-0.05, 0) is 55.8 Å². The van der Waals surface area contributed by atoms with Gasteiger partial charge in [0, 0.05) is 24.3 Å². The van der Waals surface area contributed by atoms with Crippen molar-refractivity contribution >= 4 is 76.9 Å². The zero-order valence-electron chi connectivity index (χ0n) is 21.9. The number of hydrogen-bond acceptors (Lipinski definition) is 9. The van der Waals surface area contributed by atoms with E-state index in [4.69, 9.17) is 21.1 Å². The first kappa shape index (κ1) is 32.3. The Kier molecular flexibility index (Phi) is 11.9. The molecule has 3 heterocycles. The van der Waals surface area contributed by atoms with E-state index < -0.39 is 30.2 Å². The summed E-state index contributed by atoms with van der Waals surface area (Å²) >= 11 is 7.03. The maximum atomic E-state index is 13.4. The number of cyclic esters (lactones) is 1. The fourth-order valence-electron chi connectivity index (χ4n) is 4.45. The van der Waals surface area contributed by atoms with Gasteiger partial charge in [0.25, 0.3) is 11.8 Å². The van der Waals surface area contributed by atoms with Gasteiger partial charge in [-0.1, -0.05) is 11.6 Å². The van der Waals surface area contributed by atoms with Crippen LogP contribution in [0.25, 0.3) is 0 Å². The van der Waals surface area contributed by atoms with E-state index in [-0.39, 0.29) is 49.4 Å². The molecule has 0 saturated carbocycles. The zero-order valence-corrected chi connectivity index (χ0v) is 24.3. The molecule has 0 radical (unpaired) electrons. The fourth-order valence-corrected chi connectivity index (χ4v) is 5.45. The molecule has 15 heteroatoms. The van der Waals surface area contributed by atoms with Crippen molar-refractivity contribution in [2.45, 2.75) is 31.5 Å². The first-order valence-electron chi connectivity index (χ1n) is 12.7. The van der Waals surface area contributed by atoms with Crippen molar-refractivity contribution in [2.24, 2.45) is 0 Å². The van der Waals surface area contributed by atoms with E-state index in [9.17, 15) is 29.1 Å². The zero-order chi connectivity index (χ0) is 28.6. The van der Waals surface area contributed by atoms with Crippen molar-refractivity contribution < 1.29 is 38.6 Å². The number of amides is 3. The van der Waals surface area contributed by atoms with Crippen LogP contribution in [0.3, 0.4) is 0 Å². The second-order valence-corrected chi connectivity index (χ2v) is 10.9. The summed E-state index contributed by atoms with van der Waals surface area (Å²) in [6.07, 6.45) is -0.596. The molecule has 1 aromatic heterocycles. The number of benzene rings is 1. The predicted octanol–water partition coefficient (Wildman–Crippen LogP) is 3.02. The van der Waals surface area contributed by atoms with Crippen molar-refractivity contribution in [3.05, 3.63) is 45.6 Å². The minimum Gasteiger partial charge on any atom is -0.479 e. The number of morpholine rings is 1. The number of nitrogens with zero attached hydrogens (tertiary/aromatic N) is 3. The van der Waals surface area contributed by atoms with Gasteiger partial charge in [0.2, 0.25) is 0 Å². The van der Waals surface area contributed by atoms with Crippen molar-refractivity contribution in [3.63, 3.8) is 0 Å². The number of thiophene rings is 1. The van der Waals surface area contributed by atoms with Crippen LogP contribution in [0.15, 0.2) is 36.4 Å². The molecule has 0 bridgehead atoms. The molecule has 1 unspecified atom stereocenters. The Hall–Kier alpha value is -3.23. The Morgan fingerprint density at radius 2 is 1.85 bits per heavy atom. The quantitative estimate of drug-likeness (QED) is 0.194. The maximum Gasteiger partial charge on any atom is 0.414 e. The van der Waals surface area contributed by atoms with E-state index in [0.717, 1.165) is 22.5 Å². The molecular weight excluding hydrogens is 599 g/mol. The summed E-state index contributed by atoms with van der Waals surface area (Å²) in [6.45, 7) is 1.03. The minimum atomic E-state index is -1.40. The molecule has 1 aromatic carbocycles. The molecular formula is C26H30Cl2N4O8S. The van der Waals surface area contributed by atoms with E-state index in [0.29, 0.717) is 48.1 Å². The van der Waals surface area contributed by atoms with Crippen molar-refractivity contribution in [1.82, 2.24) is 10.2 Å². The molecule has 2 N–H and O–H groups in total. The summed E-state index contributed by atoms with van der Waals surface area (Å²) in [5.74, 6) is -2.00. The lowest BCUT2D eigenvalue weighted by molar-refractivity contribution is -0.144. The van der Waals surface area contributed by atoms with E-state index in [1.807, 2.05) is 0 Å². The summed E-state index contributed by atoms with van der Waals surface area (Å²) in [6, 6.07) is 9.90. The third-order valence-corrected chi connectivity index (χ3v) is 7.63. The monoisotopic (exact) mass is 628 g/mol. The molecule has 0 aliphatic carbocycles. The van der Waals surface area contributed by atoms with E-state index in [1.165, 1.54) is 11.0 Å². The van der Waals surface area contributed by atoms with Gasteiger partial charge in [-0.25, -0.2) is 9.59 Å². The highest BCUT2D eigenvalue weighted by molar-refractivity contribution is 7.18. The molecule has 2 atom stereocenters. The number of carbonyl (C=O) groups is 5. The summed E-state index contributed by atoms with van der Waals surface area (Å²) < 4.78 is 11.1. The Morgan fingerprint density at radius 3 is 2.46 bits per heavy atom. The first-order chi connectivity index (χ1) is 19.3. The van der Waals surface area contributed by atoms with Crippen LogP contribution in [0.5, 0.6) is 0 Å². The molecule has 2 aliphatic heterocycles. The highest BCUT2D eigenvalue weighted by atomic mass is 35.5. The van der Waals surface area contributed by atoms with Crippen LogP contribution in [-0.4, -0.2) is 91.8 Å². The lowest BCUT2D eigenvalue weighted by Gasteiger charge is -2.30. The van der Waals surface area contributed by atoms with Gasteiger partial charge in [0.1, 0.15) is 19.0 Å². The number of aliphatic carboxylic acids is 1. The lowest BCUT2D eigenvalue weighted by Crippen LogP contribution is -2.56. The molecule has 41 heavy (non-hydrogen) atoms. The average Bonchev–Trinajstić information content (AvgIpc) is 3.54. The molecule has 2 fully saturated rings. The van der Waals surface area contributed by atoms with Crippen LogP contribution in [0.4, 0.5) is 16.2 Å². The van der Waals surface area contributed by atoms with Crippen LogP contribution >= 0.6 is 35.3 Å². The van der Waals surface area contributed by atoms with Crippen LogP contribution in [0, 0.1) is 0 Å². The second kappa shape index (κ2) is 15.1. The predicted molar refractivity (Wildman–Crippen MR) is 154 cm³/mol. The summed E-state index contributed by atoms with van der Waals surface area (Å²) in [5.41, 5.74) is 1.21. The van der Waals surface area contributed by atoms with Gasteiger partial charge in [-0.2, -0.15) is 0 Å². The lowest BCUT2D eigenvalue weighted by atomic mass is 10.2. The molecule has 0 spiro atoms. The van der Waals surface area contributed by atoms with E-state index in [1.54, 1.807) is 35.2 Å². The third kappa shape index (κ3) is 8.17. The first-order valence-corrected chi connectivity index (χ1v) is 13.9. The Bertz CT molecular complexity index is 1240. The Labute approximate surface area is 251 Å². The van der Waals surface area contributed by atoms with Crippen molar-refractivity contribution in [2.75, 3.05) is 49.2 Å². The number of carboxylic acid groups (broad SMARTS) is 1. The molecule has 2 aromatic rings. The van der Waals surface area contributed by atoms with Crippen LogP contribution in [0.1, 0.15) is 28.9 Å². The minimum absolute atomic E-state index is 0. The number of anilines is 2. The van der Waals surface area contributed by atoms with Crippen LogP contribution in [-0.2, 0) is 23.9 Å². The van der Waals surface area contributed by atoms with Gasteiger partial charge in [0.05, 0.1) is 28.9 Å². The normalized spacial score (nSPS) is 17.5. The number of nitrogens with one attached hydrogen (secondary N) is 1. The number of hydrogen-bond donors (Lipinski definition) is 2. The van der Waals surface area contributed by atoms with Crippen LogP contribution in [0.2, 0.25) is 4.34 Å². The number of ether oxygens (including phenoxy) is 2. The topological polar surface area (TPSA) is 146 Å². The number of aldehydes is 1. The number of carbonyl (C=O) groups excluding carboxylic acids is 4. The summed E-state index contributed by atoms with van der Waals surface area (Å²) in [4.78, 5) is 65.5. The van der Waals surface area contributed by atoms with Crippen LogP contribution < -0.4 is 15.1 Å². The highest BCUT2D eigenvalue weighted by Crippen LogP contribution is 2.28. The smallest absolute Gasteiger partial charge is 0.414 e. The molecule has 2 aliphatic rings. The van der Waals surface area contributed by atoms with Gasteiger partial charge in [0.15, 0.2) is 6.17 Å². The fraction of sp³-hybridized carbons (Fsp3) is 0.423. The second-order valence-electron chi connectivity index (χ2n) is 9.15. The van der Waals surface area contributed by atoms with E-state index in [2.05, 4.69) is 5.32 Å². The number of rotatable bonds is 13. The standard InChI is InChI=1S/C26H29ClN4O8S.ClH/c27-21-9-8-20(40-21)24(34)31(23(25(35)36)28-10-2-1-3-12-32)15-19-14-30(26(37)39-19)18-6-4-17(5-7-18)29-11-13-38-16-22(29)33;/h4-9,12,19,23,28H,1-3,10-11,13-16H2,(H,35,36);1H/t19-,23?;/m1./s1. The summed E-state index contributed by atoms with van der Waals surface area (Å²) in [7, 11) is 0. The van der Waals surface area contributed by atoms with Gasteiger partial charge in [-0.3, -0.25) is 19.8 Å². The molecule has 3 amide bonds. The van der Waals surface area contributed by atoms with Crippen molar-refractivity contribution in [3.8, 4) is 0 Å². The number of carboxylic acids is 1. The Balaban J connectivity index is 0.00000462. The molecule has 12 nitrogen and oxygen atoms in total. The summed E-state index contributed by atoms with van der Waals surface area (Å²) in [5, 5.41) is 12.8. The number of unbranched alkanes of at least 4 members (excludes halogenated alkanes) is 2. The molecule has 4 rings (SSSR count). The average molecular weight is 630 g/mol. The maximum absolute atomic E-state index is 13.4. The largest absolute Gasteiger partial charge is 0.479 e. The highest BCUT2D eigenvalue weighted by Gasteiger charge is 2.39. The molecule has 2 saturated heterocycles. The van der Waals surface area contributed by atoms with Gasteiger partial charge >= 0.3 is 12.1 Å². The Morgan fingerprint density at radius 1 is 1.15 bits per heavy atom. The van der Waals surface area contributed by atoms with E-state index >= 15 is 0 Å². The third-order valence-electron chi connectivity index (χ3n) is 6.41. The number of halogens is 2. The van der Waals surface area contributed by atoms with Crippen molar-refractivity contribution in [1.29, 1.82) is 0 Å². The van der Waals surface area contributed by atoms with Gasteiger partial charge in [-0.15, -0.1) is 23.7 Å².